The van der Waals surface area contributed by atoms with Gasteiger partial charge in [-0.3, -0.25) is 14.8 Å². The zero-order valence-corrected chi connectivity index (χ0v) is 19.9. The maximum atomic E-state index is 13.4. The molecule has 1 fully saturated rings. The van der Waals surface area contributed by atoms with E-state index in [1.54, 1.807) is 25.7 Å². The van der Waals surface area contributed by atoms with Crippen LogP contribution in [0.1, 0.15) is 40.9 Å². The molecule has 4 aromatic rings. The highest BCUT2D eigenvalue weighted by Gasteiger charge is 2.23. The van der Waals surface area contributed by atoms with Crippen LogP contribution in [0.25, 0.3) is 5.65 Å². The Labute approximate surface area is 205 Å². The van der Waals surface area contributed by atoms with Crippen LogP contribution >= 0.6 is 0 Å². The lowest BCUT2D eigenvalue weighted by Gasteiger charge is -2.22. The summed E-state index contributed by atoms with van der Waals surface area (Å²) in [5.41, 5.74) is 4.53. The zero-order valence-electron chi connectivity index (χ0n) is 19.9. The number of fused-ring (bicyclic) bond motifs is 1. The van der Waals surface area contributed by atoms with Crippen molar-refractivity contribution in [1.82, 2.24) is 24.3 Å². The van der Waals surface area contributed by atoms with Crippen LogP contribution in [0.4, 0.5) is 5.69 Å². The molecule has 1 aliphatic heterocycles. The third kappa shape index (κ3) is 5.42. The van der Waals surface area contributed by atoms with Crippen molar-refractivity contribution in [3.63, 3.8) is 0 Å². The second-order valence-corrected chi connectivity index (χ2v) is 8.99. The molecule has 1 atom stereocenters. The Morgan fingerprint density at radius 3 is 2.86 bits per heavy atom. The van der Waals surface area contributed by atoms with E-state index in [-0.39, 0.29) is 5.91 Å². The Morgan fingerprint density at radius 1 is 1.11 bits per heavy atom. The number of amides is 1. The van der Waals surface area contributed by atoms with Crippen LogP contribution in [0.3, 0.4) is 0 Å². The average molecular weight is 471 g/mol. The first-order valence-corrected chi connectivity index (χ1v) is 12.1. The third-order valence-electron chi connectivity index (χ3n) is 6.64. The highest BCUT2D eigenvalue weighted by Crippen LogP contribution is 2.28. The van der Waals surface area contributed by atoms with Crippen LogP contribution in [-0.4, -0.2) is 50.4 Å². The third-order valence-corrected chi connectivity index (χ3v) is 6.64. The standard InChI is InChI=1S/C27H30N6O2/c1-35-25-5-4-22(16-24(25)31-17-21-6-9-28-10-7-21)27(34)32-12-2-3-20(8-13-32)15-23-19-33-14-11-29-26(33)18-30-23/h4-7,9-11,14,16,18-20,31H,2-3,8,12-13,15,17H2,1H3/t20-/m1/s1. The maximum Gasteiger partial charge on any atom is 0.253 e. The first-order chi connectivity index (χ1) is 17.2. The van der Waals surface area contributed by atoms with Gasteiger partial charge in [0.05, 0.1) is 24.7 Å². The number of carbonyl (C=O) groups is 1. The molecular formula is C27H30N6O2. The molecule has 1 aliphatic rings. The summed E-state index contributed by atoms with van der Waals surface area (Å²) in [6.07, 6.45) is 15.1. The Balaban J connectivity index is 1.23. The van der Waals surface area contributed by atoms with E-state index in [0.717, 1.165) is 61.4 Å². The molecule has 3 aromatic heterocycles. The van der Waals surface area contributed by atoms with Crippen molar-refractivity contribution in [3.8, 4) is 5.75 Å². The molecule has 1 saturated heterocycles. The number of methoxy groups -OCH3 is 1. The van der Waals surface area contributed by atoms with Crippen molar-refractivity contribution in [2.75, 3.05) is 25.5 Å². The Bertz CT molecular complexity index is 1290. The summed E-state index contributed by atoms with van der Waals surface area (Å²) in [7, 11) is 1.64. The van der Waals surface area contributed by atoms with Crippen LogP contribution in [0, 0.1) is 5.92 Å². The quantitative estimate of drug-likeness (QED) is 0.435. The number of rotatable bonds is 7. The number of nitrogens with one attached hydrogen (secondary N) is 1. The lowest BCUT2D eigenvalue weighted by atomic mass is 9.95. The summed E-state index contributed by atoms with van der Waals surface area (Å²) in [5, 5.41) is 3.40. The number of hydrogen-bond acceptors (Lipinski definition) is 6. The normalized spacial score (nSPS) is 16.1. The van der Waals surface area contributed by atoms with Crippen molar-refractivity contribution in [3.05, 3.63) is 84.3 Å². The molecule has 5 rings (SSSR count). The van der Waals surface area contributed by atoms with Gasteiger partial charge in [-0.2, -0.15) is 0 Å². The van der Waals surface area contributed by atoms with Crippen molar-refractivity contribution in [1.29, 1.82) is 0 Å². The molecule has 1 N–H and O–H groups in total. The number of likely N-dealkylation sites (tertiary alicyclic amines) is 1. The van der Waals surface area contributed by atoms with Gasteiger partial charge in [0.1, 0.15) is 5.75 Å². The largest absolute Gasteiger partial charge is 0.495 e. The summed E-state index contributed by atoms with van der Waals surface area (Å²) in [6, 6.07) is 9.54. The van der Waals surface area contributed by atoms with Gasteiger partial charge < -0.3 is 19.4 Å². The first kappa shape index (κ1) is 22.8. The zero-order chi connectivity index (χ0) is 24.0. The van der Waals surface area contributed by atoms with E-state index < -0.39 is 0 Å². The SMILES string of the molecule is COc1ccc(C(=O)N2CCC[C@@H](Cc3cn4ccnc4cn3)CC2)cc1NCc1ccncc1. The van der Waals surface area contributed by atoms with Gasteiger partial charge in [-0.15, -0.1) is 0 Å². The summed E-state index contributed by atoms with van der Waals surface area (Å²) in [4.78, 5) is 28.3. The van der Waals surface area contributed by atoms with Crippen molar-refractivity contribution >= 4 is 17.2 Å². The molecule has 1 amide bonds. The van der Waals surface area contributed by atoms with Crippen LogP contribution in [0.15, 0.2) is 67.5 Å². The molecule has 1 aromatic carbocycles. The van der Waals surface area contributed by atoms with E-state index in [1.165, 1.54) is 0 Å². The Kier molecular flexibility index (Phi) is 6.88. The highest BCUT2D eigenvalue weighted by molar-refractivity contribution is 5.95. The molecule has 35 heavy (non-hydrogen) atoms. The number of benzene rings is 1. The number of carbonyl (C=O) groups excluding carboxylic acids is 1. The van der Waals surface area contributed by atoms with Gasteiger partial charge in [0.2, 0.25) is 0 Å². The minimum atomic E-state index is 0.0678. The molecular weight excluding hydrogens is 440 g/mol. The lowest BCUT2D eigenvalue weighted by Crippen LogP contribution is -2.32. The number of anilines is 1. The number of pyridine rings is 1. The molecule has 0 unspecified atom stereocenters. The fraction of sp³-hybridized carbons (Fsp3) is 0.333. The van der Waals surface area contributed by atoms with Crippen LogP contribution in [-0.2, 0) is 13.0 Å². The van der Waals surface area contributed by atoms with Gasteiger partial charge in [-0.05, 0) is 67.5 Å². The van der Waals surface area contributed by atoms with Crippen LogP contribution < -0.4 is 10.1 Å². The summed E-state index contributed by atoms with van der Waals surface area (Å²) in [6.45, 7) is 2.15. The maximum absolute atomic E-state index is 13.4. The molecule has 180 valence electrons. The van der Waals surface area contributed by atoms with Crippen molar-refractivity contribution < 1.29 is 9.53 Å². The molecule has 0 saturated carbocycles. The smallest absolute Gasteiger partial charge is 0.253 e. The molecule has 0 aliphatic carbocycles. The van der Waals surface area contributed by atoms with Gasteiger partial charge in [-0.25, -0.2) is 4.98 Å². The monoisotopic (exact) mass is 470 g/mol. The average Bonchev–Trinajstić information content (AvgIpc) is 3.25. The van der Waals surface area contributed by atoms with Crippen LogP contribution in [0.2, 0.25) is 0 Å². The molecule has 8 heteroatoms. The van der Waals surface area contributed by atoms with Gasteiger partial charge in [0, 0.05) is 56.2 Å². The lowest BCUT2D eigenvalue weighted by molar-refractivity contribution is 0.0760. The second-order valence-electron chi connectivity index (χ2n) is 8.99. The first-order valence-electron chi connectivity index (χ1n) is 12.1. The topological polar surface area (TPSA) is 84.7 Å². The van der Waals surface area contributed by atoms with Gasteiger partial charge in [-0.1, -0.05) is 0 Å². The molecule has 0 spiro atoms. The van der Waals surface area contributed by atoms with E-state index in [9.17, 15) is 4.79 Å². The van der Waals surface area contributed by atoms with E-state index in [2.05, 4.69) is 26.5 Å². The van der Waals surface area contributed by atoms with Crippen molar-refractivity contribution in [2.45, 2.75) is 32.2 Å². The highest BCUT2D eigenvalue weighted by atomic mass is 16.5. The Hall–Kier alpha value is -3.94. The predicted molar refractivity (Wildman–Crippen MR) is 134 cm³/mol. The molecule has 8 nitrogen and oxygen atoms in total. The van der Waals surface area contributed by atoms with E-state index >= 15 is 0 Å². The summed E-state index contributed by atoms with van der Waals surface area (Å²) >= 11 is 0. The fourth-order valence-electron chi connectivity index (χ4n) is 4.70. The number of nitrogens with zero attached hydrogens (tertiary/aromatic N) is 5. The van der Waals surface area contributed by atoms with Gasteiger partial charge >= 0.3 is 0 Å². The second kappa shape index (κ2) is 10.5. The van der Waals surface area contributed by atoms with E-state index in [1.807, 2.05) is 52.0 Å². The summed E-state index contributed by atoms with van der Waals surface area (Å²) in [5.74, 6) is 1.29. The number of ether oxygens (including phenoxy) is 1. The minimum absolute atomic E-state index is 0.0678. The molecule has 0 bridgehead atoms. The number of hydrogen-bond donors (Lipinski definition) is 1. The predicted octanol–water partition coefficient (Wildman–Crippen LogP) is 4.23. The Morgan fingerprint density at radius 2 is 2.00 bits per heavy atom. The van der Waals surface area contributed by atoms with Crippen molar-refractivity contribution in [2.24, 2.45) is 5.92 Å². The summed E-state index contributed by atoms with van der Waals surface area (Å²) < 4.78 is 7.53. The number of aromatic nitrogens is 4. The minimum Gasteiger partial charge on any atom is -0.495 e. The fourth-order valence-corrected chi connectivity index (χ4v) is 4.70. The number of imidazole rings is 1. The van der Waals surface area contributed by atoms with E-state index in [4.69, 9.17) is 4.74 Å². The molecule has 0 radical (unpaired) electrons. The van der Waals surface area contributed by atoms with Gasteiger partial charge in [0.15, 0.2) is 5.65 Å². The van der Waals surface area contributed by atoms with E-state index in [0.29, 0.717) is 23.8 Å². The van der Waals surface area contributed by atoms with Crippen LogP contribution in [0.5, 0.6) is 5.75 Å². The van der Waals surface area contributed by atoms with Gasteiger partial charge in [0.25, 0.3) is 5.91 Å². The molecule has 4 heterocycles.